The van der Waals surface area contributed by atoms with Gasteiger partial charge in [-0.05, 0) is 61.1 Å². The van der Waals surface area contributed by atoms with Crippen LogP contribution in [0.4, 0.5) is 11.4 Å². The van der Waals surface area contributed by atoms with E-state index in [1.165, 1.54) is 24.9 Å². The lowest BCUT2D eigenvalue weighted by atomic mass is 10.0. The molecule has 0 aliphatic carbocycles. The molecule has 0 unspecified atom stereocenters. The van der Waals surface area contributed by atoms with Crippen molar-refractivity contribution in [3.05, 3.63) is 54.5 Å². The molecule has 1 aliphatic heterocycles. The number of anilines is 2. The van der Waals surface area contributed by atoms with E-state index >= 15 is 0 Å². The zero-order chi connectivity index (χ0) is 23.2. The van der Waals surface area contributed by atoms with E-state index in [-0.39, 0.29) is 0 Å². The maximum absolute atomic E-state index is 6.29. The molecule has 7 heteroatoms. The number of aromatic nitrogens is 5. The molecule has 0 radical (unpaired) electrons. The third kappa shape index (κ3) is 3.48. The van der Waals surface area contributed by atoms with Gasteiger partial charge in [0, 0.05) is 47.5 Å². The number of benzene rings is 1. The number of hydrogen-bond acceptors (Lipinski definition) is 5. The highest BCUT2D eigenvalue weighted by Gasteiger charge is 2.18. The van der Waals surface area contributed by atoms with Crippen LogP contribution in [-0.2, 0) is 0 Å². The van der Waals surface area contributed by atoms with Crippen LogP contribution in [-0.4, -0.2) is 38.2 Å². The van der Waals surface area contributed by atoms with Gasteiger partial charge in [-0.15, -0.1) is 0 Å². The van der Waals surface area contributed by atoms with Gasteiger partial charge >= 0.3 is 0 Å². The number of H-pyrrole nitrogens is 2. The van der Waals surface area contributed by atoms with Gasteiger partial charge in [0.15, 0.2) is 0 Å². The van der Waals surface area contributed by atoms with Crippen LogP contribution in [0.5, 0.6) is 0 Å². The molecule has 0 spiro atoms. The molecule has 0 amide bonds. The average molecular weight is 452 g/mol. The van der Waals surface area contributed by atoms with Crippen molar-refractivity contribution in [2.24, 2.45) is 0 Å². The number of nitrogen functional groups attached to an aromatic ring is 1. The van der Waals surface area contributed by atoms with Crippen LogP contribution in [0.3, 0.4) is 0 Å². The van der Waals surface area contributed by atoms with Crippen molar-refractivity contribution in [1.82, 2.24) is 25.1 Å². The Morgan fingerprint density at radius 3 is 2.59 bits per heavy atom. The largest absolute Gasteiger partial charge is 0.397 e. The molecule has 4 N–H and O–H groups in total. The normalized spacial score (nSPS) is 14.5. The SMILES string of the molecule is CC(C)c1ncc(-c2ccc3[nH]nc(-c4cc5c(N6CCCCC6)ccnc5[nH]4)c3c2)cc1N. The number of nitrogens with one attached hydrogen (secondary N) is 2. The van der Waals surface area contributed by atoms with E-state index in [1.54, 1.807) is 0 Å². The Balaban J connectivity index is 1.43. The summed E-state index contributed by atoms with van der Waals surface area (Å²) < 4.78 is 0. The summed E-state index contributed by atoms with van der Waals surface area (Å²) in [6, 6.07) is 12.6. The van der Waals surface area contributed by atoms with Crippen molar-refractivity contribution in [2.75, 3.05) is 23.7 Å². The number of piperidine rings is 1. The summed E-state index contributed by atoms with van der Waals surface area (Å²) in [5, 5.41) is 10.0. The standard InChI is InChI=1S/C27H29N7/c1-16(2)25-21(28)13-18(15-30-25)17-6-7-22-19(12-17)26(33-32-22)23-14-20-24(8-9-29-27(20)31-23)34-10-4-3-5-11-34/h6-9,12-16H,3-5,10-11,28H2,1-2H3,(H,29,31)(H,32,33). The lowest BCUT2D eigenvalue weighted by Crippen LogP contribution is -2.29. The van der Waals surface area contributed by atoms with Crippen molar-refractivity contribution < 1.29 is 0 Å². The topological polar surface area (TPSA) is 99.5 Å². The van der Waals surface area contributed by atoms with Gasteiger partial charge in [0.05, 0.1) is 22.6 Å². The van der Waals surface area contributed by atoms with Crippen molar-refractivity contribution in [3.8, 4) is 22.5 Å². The maximum atomic E-state index is 6.29. The summed E-state index contributed by atoms with van der Waals surface area (Å²) in [4.78, 5) is 15.2. The minimum absolute atomic E-state index is 0.294. The Labute approximate surface area is 198 Å². The molecule has 5 heterocycles. The van der Waals surface area contributed by atoms with Crippen LogP contribution in [0.15, 0.2) is 48.8 Å². The van der Waals surface area contributed by atoms with E-state index in [1.807, 2.05) is 18.5 Å². The van der Waals surface area contributed by atoms with Gasteiger partial charge in [-0.25, -0.2) is 4.98 Å². The zero-order valence-electron chi connectivity index (χ0n) is 19.6. The van der Waals surface area contributed by atoms with Crippen LogP contribution in [0.1, 0.15) is 44.7 Å². The first-order valence-corrected chi connectivity index (χ1v) is 12.1. The number of aromatic amines is 2. The molecule has 0 bridgehead atoms. The third-order valence-corrected chi connectivity index (χ3v) is 6.85. The first kappa shape index (κ1) is 20.7. The second-order valence-corrected chi connectivity index (χ2v) is 9.51. The first-order valence-electron chi connectivity index (χ1n) is 12.1. The molecular weight excluding hydrogens is 422 g/mol. The molecule has 1 aliphatic rings. The van der Waals surface area contributed by atoms with E-state index in [9.17, 15) is 0 Å². The Kier molecular flexibility index (Phi) is 4.98. The summed E-state index contributed by atoms with van der Waals surface area (Å²) in [7, 11) is 0. The van der Waals surface area contributed by atoms with Gasteiger partial charge in [0.1, 0.15) is 11.3 Å². The Hall–Kier alpha value is -3.87. The monoisotopic (exact) mass is 451 g/mol. The Bertz CT molecular complexity index is 1490. The summed E-state index contributed by atoms with van der Waals surface area (Å²) in [5.41, 5.74) is 15.0. The highest BCUT2D eigenvalue weighted by atomic mass is 15.1. The van der Waals surface area contributed by atoms with Crippen LogP contribution < -0.4 is 10.6 Å². The van der Waals surface area contributed by atoms with Crippen LogP contribution >= 0.6 is 0 Å². The maximum Gasteiger partial charge on any atom is 0.139 e. The fraction of sp³-hybridized carbons (Fsp3) is 0.296. The summed E-state index contributed by atoms with van der Waals surface area (Å²) in [5.74, 6) is 0.294. The molecule has 0 atom stereocenters. The zero-order valence-corrected chi connectivity index (χ0v) is 19.6. The van der Waals surface area contributed by atoms with Crippen LogP contribution in [0.2, 0.25) is 0 Å². The smallest absolute Gasteiger partial charge is 0.139 e. The molecule has 34 heavy (non-hydrogen) atoms. The highest BCUT2D eigenvalue weighted by molar-refractivity contribution is 5.99. The molecule has 1 aromatic carbocycles. The quantitative estimate of drug-likeness (QED) is 0.318. The van der Waals surface area contributed by atoms with Gasteiger partial charge in [0.25, 0.3) is 0 Å². The second kappa shape index (κ2) is 8.17. The molecule has 5 aromatic rings. The lowest BCUT2D eigenvalue weighted by molar-refractivity contribution is 0.579. The molecule has 6 rings (SSSR count). The van der Waals surface area contributed by atoms with Crippen molar-refractivity contribution in [2.45, 2.75) is 39.0 Å². The molecular formula is C27H29N7. The van der Waals surface area contributed by atoms with Gasteiger partial charge < -0.3 is 15.6 Å². The van der Waals surface area contributed by atoms with E-state index in [0.717, 1.165) is 68.9 Å². The predicted octanol–water partition coefficient (Wildman–Crippen LogP) is 5.86. The fourth-order valence-electron chi connectivity index (χ4n) is 5.08. The first-order chi connectivity index (χ1) is 16.6. The number of fused-ring (bicyclic) bond motifs is 2. The number of nitrogens with zero attached hydrogens (tertiary/aromatic N) is 4. The van der Waals surface area contributed by atoms with E-state index < -0.39 is 0 Å². The fourth-order valence-corrected chi connectivity index (χ4v) is 5.08. The van der Waals surface area contributed by atoms with Crippen LogP contribution in [0.25, 0.3) is 44.5 Å². The van der Waals surface area contributed by atoms with E-state index in [0.29, 0.717) is 5.92 Å². The summed E-state index contributed by atoms with van der Waals surface area (Å²) >= 11 is 0. The van der Waals surface area contributed by atoms with E-state index in [4.69, 9.17) is 5.73 Å². The van der Waals surface area contributed by atoms with Gasteiger partial charge in [-0.3, -0.25) is 10.1 Å². The summed E-state index contributed by atoms with van der Waals surface area (Å²) in [6.45, 7) is 6.41. The number of pyridine rings is 2. The minimum atomic E-state index is 0.294. The Morgan fingerprint density at radius 2 is 1.79 bits per heavy atom. The van der Waals surface area contributed by atoms with Crippen LogP contribution in [0, 0.1) is 0 Å². The molecule has 1 fully saturated rings. The predicted molar refractivity (Wildman–Crippen MR) is 139 cm³/mol. The molecule has 172 valence electrons. The molecule has 7 nitrogen and oxygen atoms in total. The third-order valence-electron chi connectivity index (χ3n) is 6.85. The van der Waals surface area contributed by atoms with Gasteiger partial charge in [-0.2, -0.15) is 5.10 Å². The van der Waals surface area contributed by atoms with Crippen molar-refractivity contribution >= 4 is 33.3 Å². The lowest BCUT2D eigenvalue weighted by Gasteiger charge is -2.29. The van der Waals surface area contributed by atoms with Crippen molar-refractivity contribution in [3.63, 3.8) is 0 Å². The second-order valence-electron chi connectivity index (χ2n) is 9.51. The summed E-state index contributed by atoms with van der Waals surface area (Å²) in [6.07, 6.45) is 7.60. The molecule has 0 saturated carbocycles. The van der Waals surface area contributed by atoms with Crippen molar-refractivity contribution in [1.29, 1.82) is 0 Å². The Morgan fingerprint density at radius 1 is 0.941 bits per heavy atom. The number of nitrogens with two attached hydrogens (primary N) is 1. The van der Waals surface area contributed by atoms with Gasteiger partial charge in [-0.1, -0.05) is 19.9 Å². The van der Waals surface area contributed by atoms with Gasteiger partial charge in [0.2, 0.25) is 0 Å². The number of rotatable bonds is 4. The van der Waals surface area contributed by atoms with E-state index in [2.05, 4.69) is 74.2 Å². The molecule has 4 aromatic heterocycles. The number of hydrogen-bond donors (Lipinski definition) is 3. The minimum Gasteiger partial charge on any atom is -0.397 e. The molecule has 1 saturated heterocycles. The average Bonchev–Trinajstić information content (AvgIpc) is 3.47. The highest BCUT2D eigenvalue weighted by Crippen LogP contribution is 2.35.